The number of rotatable bonds is 5. The third kappa shape index (κ3) is 4.90. The summed E-state index contributed by atoms with van der Waals surface area (Å²) in [5, 5.41) is 10.8. The Bertz CT molecular complexity index is 510. The lowest BCUT2D eigenvalue weighted by atomic mass is 10.2. The van der Waals surface area contributed by atoms with E-state index in [4.69, 9.17) is 9.47 Å². The van der Waals surface area contributed by atoms with E-state index in [-0.39, 0.29) is 34.5 Å². The number of benzene rings is 1. The van der Waals surface area contributed by atoms with Gasteiger partial charge in [-0.3, -0.25) is 10.1 Å². The van der Waals surface area contributed by atoms with Crippen molar-refractivity contribution in [2.45, 2.75) is 26.4 Å². The van der Waals surface area contributed by atoms with Gasteiger partial charge in [-0.25, -0.2) is 4.79 Å². The normalized spacial score (nSPS) is 11.2. The lowest BCUT2D eigenvalue weighted by Crippen LogP contribution is -2.22. The Morgan fingerprint density at radius 3 is 2.55 bits per heavy atom. The first-order valence-electron chi connectivity index (χ1n) is 5.96. The molecule has 0 aromatic heterocycles. The number of esters is 1. The quantitative estimate of drug-likeness (QED) is 0.354. The molecular formula is C13H16BrNO5. The predicted octanol–water partition coefficient (Wildman–Crippen LogP) is 3.33. The Balaban J connectivity index is 2.65. The van der Waals surface area contributed by atoms with E-state index in [0.29, 0.717) is 0 Å². The lowest BCUT2D eigenvalue weighted by molar-refractivity contribution is -0.385. The van der Waals surface area contributed by atoms with Crippen molar-refractivity contribution in [2.75, 3.05) is 13.2 Å². The first kappa shape index (κ1) is 16.6. The second kappa shape index (κ2) is 6.81. The van der Waals surface area contributed by atoms with Crippen molar-refractivity contribution in [3.05, 3.63) is 38.3 Å². The first-order valence-corrected chi connectivity index (χ1v) is 6.75. The molecule has 0 atom stereocenters. The average Bonchev–Trinajstić information content (AvgIpc) is 2.33. The summed E-state index contributed by atoms with van der Waals surface area (Å²) in [7, 11) is 0. The maximum Gasteiger partial charge on any atom is 0.339 e. The van der Waals surface area contributed by atoms with Crippen molar-refractivity contribution < 1.29 is 19.2 Å². The molecule has 1 aromatic carbocycles. The summed E-state index contributed by atoms with van der Waals surface area (Å²) in [5.74, 6) is -0.627. The van der Waals surface area contributed by atoms with E-state index < -0.39 is 10.9 Å². The molecule has 0 radical (unpaired) electrons. The molecule has 0 unspecified atom stereocenters. The Hall–Kier alpha value is -1.47. The van der Waals surface area contributed by atoms with Crippen LogP contribution in [0.3, 0.4) is 0 Å². The zero-order valence-corrected chi connectivity index (χ0v) is 13.1. The fraction of sp³-hybridized carbons (Fsp3) is 0.462. The minimum Gasteiger partial charge on any atom is -0.460 e. The number of carbonyl (C=O) groups excluding carboxylic acids is 1. The molecule has 0 N–H and O–H groups in total. The molecule has 0 aliphatic heterocycles. The molecule has 0 aliphatic rings. The van der Waals surface area contributed by atoms with Crippen LogP contribution in [0.25, 0.3) is 0 Å². The van der Waals surface area contributed by atoms with Gasteiger partial charge in [0.2, 0.25) is 0 Å². The molecule has 0 amide bonds. The highest BCUT2D eigenvalue weighted by Gasteiger charge is 2.20. The van der Waals surface area contributed by atoms with Gasteiger partial charge in [-0.1, -0.05) is 6.07 Å². The van der Waals surface area contributed by atoms with Gasteiger partial charge in [-0.2, -0.15) is 0 Å². The molecule has 20 heavy (non-hydrogen) atoms. The SMILES string of the molecule is CC(C)(C)OCCOC(=O)c1cccc([N+](=O)[O-])c1Br. The highest BCUT2D eigenvalue weighted by atomic mass is 79.9. The second-order valence-electron chi connectivity index (χ2n) is 4.99. The number of halogens is 1. The third-order valence-electron chi connectivity index (χ3n) is 2.25. The van der Waals surface area contributed by atoms with Crippen molar-refractivity contribution in [2.24, 2.45) is 0 Å². The molecule has 0 saturated carbocycles. The summed E-state index contributed by atoms with van der Waals surface area (Å²) in [6.45, 7) is 6.04. The maximum atomic E-state index is 11.8. The van der Waals surface area contributed by atoms with Gasteiger partial charge in [0.15, 0.2) is 0 Å². The summed E-state index contributed by atoms with van der Waals surface area (Å²) in [6, 6.07) is 4.21. The van der Waals surface area contributed by atoms with E-state index in [1.54, 1.807) is 0 Å². The largest absolute Gasteiger partial charge is 0.460 e. The molecule has 0 heterocycles. The second-order valence-corrected chi connectivity index (χ2v) is 5.79. The van der Waals surface area contributed by atoms with Gasteiger partial charge >= 0.3 is 5.97 Å². The van der Waals surface area contributed by atoms with Crippen LogP contribution in [0, 0.1) is 10.1 Å². The lowest BCUT2D eigenvalue weighted by Gasteiger charge is -2.19. The molecule has 1 aromatic rings. The Kier molecular flexibility index (Phi) is 5.64. The Morgan fingerprint density at radius 2 is 2.00 bits per heavy atom. The summed E-state index contributed by atoms with van der Waals surface area (Å²) < 4.78 is 10.6. The van der Waals surface area contributed by atoms with Crippen LogP contribution >= 0.6 is 15.9 Å². The number of hydrogen-bond donors (Lipinski definition) is 0. The van der Waals surface area contributed by atoms with E-state index in [0.717, 1.165) is 0 Å². The molecule has 6 nitrogen and oxygen atoms in total. The maximum absolute atomic E-state index is 11.8. The fourth-order valence-electron chi connectivity index (χ4n) is 1.38. The van der Waals surface area contributed by atoms with Crippen molar-refractivity contribution in [1.29, 1.82) is 0 Å². The number of hydrogen-bond acceptors (Lipinski definition) is 5. The number of ether oxygens (including phenoxy) is 2. The van der Waals surface area contributed by atoms with Crippen LogP contribution in [0.15, 0.2) is 22.7 Å². The summed E-state index contributed by atoms with van der Waals surface area (Å²) in [5.41, 5.74) is -0.362. The van der Waals surface area contributed by atoms with E-state index in [1.165, 1.54) is 18.2 Å². The first-order chi connectivity index (χ1) is 9.22. The van der Waals surface area contributed by atoms with Crippen LogP contribution in [0.2, 0.25) is 0 Å². The smallest absolute Gasteiger partial charge is 0.339 e. The zero-order chi connectivity index (χ0) is 15.3. The molecule has 0 spiro atoms. The molecule has 110 valence electrons. The number of carbonyl (C=O) groups is 1. The highest BCUT2D eigenvalue weighted by molar-refractivity contribution is 9.10. The van der Waals surface area contributed by atoms with Gasteiger partial charge in [0.1, 0.15) is 11.1 Å². The van der Waals surface area contributed by atoms with Crippen LogP contribution < -0.4 is 0 Å². The van der Waals surface area contributed by atoms with Gasteiger partial charge in [-0.15, -0.1) is 0 Å². The summed E-state index contributed by atoms with van der Waals surface area (Å²) in [6.07, 6.45) is 0. The molecule has 0 bridgehead atoms. The molecule has 0 aliphatic carbocycles. The van der Waals surface area contributed by atoms with Crippen LogP contribution in [-0.4, -0.2) is 29.7 Å². The molecule has 0 fully saturated rings. The molecule has 1 rings (SSSR count). The summed E-state index contributed by atoms with van der Waals surface area (Å²) in [4.78, 5) is 22.0. The minimum atomic E-state index is -0.627. The standard InChI is InChI=1S/C13H16BrNO5/c1-13(2,3)20-8-7-19-12(16)9-5-4-6-10(11(9)14)15(17)18/h4-6H,7-8H2,1-3H3. The number of nitro groups is 1. The Morgan fingerprint density at radius 1 is 1.35 bits per heavy atom. The van der Waals surface area contributed by atoms with Crippen LogP contribution in [0.4, 0.5) is 5.69 Å². The van der Waals surface area contributed by atoms with E-state index in [2.05, 4.69) is 15.9 Å². The van der Waals surface area contributed by atoms with Crippen molar-refractivity contribution in [3.8, 4) is 0 Å². The third-order valence-corrected chi connectivity index (χ3v) is 3.08. The molecule has 0 saturated heterocycles. The van der Waals surface area contributed by atoms with Crippen molar-refractivity contribution >= 4 is 27.6 Å². The van der Waals surface area contributed by atoms with Gasteiger partial charge < -0.3 is 9.47 Å². The number of nitrogens with zero attached hydrogens (tertiary/aromatic N) is 1. The average molecular weight is 346 g/mol. The van der Waals surface area contributed by atoms with Gasteiger partial charge in [0.05, 0.1) is 22.7 Å². The minimum absolute atomic E-state index is 0.0885. The molecular weight excluding hydrogens is 330 g/mol. The van der Waals surface area contributed by atoms with Gasteiger partial charge in [-0.05, 0) is 42.8 Å². The van der Waals surface area contributed by atoms with E-state index in [1.807, 2.05) is 20.8 Å². The van der Waals surface area contributed by atoms with Gasteiger partial charge in [0, 0.05) is 6.07 Å². The van der Waals surface area contributed by atoms with Crippen LogP contribution in [0.5, 0.6) is 0 Å². The summed E-state index contributed by atoms with van der Waals surface area (Å²) >= 11 is 3.05. The van der Waals surface area contributed by atoms with Crippen molar-refractivity contribution in [1.82, 2.24) is 0 Å². The zero-order valence-electron chi connectivity index (χ0n) is 11.5. The molecule has 7 heteroatoms. The van der Waals surface area contributed by atoms with Crippen LogP contribution in [-0.2, 0) is 9.47 Å². The van der Waals surface area contributed by atoms with E-state index >= 15 is 0 Å². The van der Waals surface area contributed by atoms with Gasteiger partial charge in [0.25, 0.3) is 5.69 Å². The van der Waals surface area contributed by atoms with Crippen LogP contribution in [0.1, 0.15) is 31.1 Å². The number of nitro benzene ring substituents is 1. The van der Waals surface area contributed by atoms with E-state index in [9.17, 15) is 14.9 Å². The highest BCUT2D eigenvalue weighted by Crippen LogP contribution is 2.28. The predicted molar refractivity (Wildman–Crippen MR) is 76.8 cm³/mol. The Labute approximate surface area is 125 Å². The fourth-order valence-corrected chi connectivity index (χ4v) is 1.95. The topological polar surface area (TPSA) is 78.7 Å². The van der Waals surface area contributed by atoms with Crippen molar-refractivity contribution in [3.63, 3.8) is 0 Å². The monoisotopic (exact) mass is 345 g/mol.